The Morgan fingerprint density at radius 1 is 1.05 bits per heavy atom. The number of ether oxygens (including phenoxy) is 2. The van der Waals surface area contributed by atoms with Gasteiger partial charge in [0.25, 0.3) is 5.91 Å². The number of nitrogens with two attached hydrogens (primary N) is 1. The van der Waals surface area contributed by atoms with Crippen molar-refractivity contribution < 1.29 is 42.1 Å². The van der Waals surface area contributed by atoms with Gasteiger partial charge in [0.05, 0.1) is 25.6 Å². The molecule has 0 saturated carbocycles. The fourth-order valence-corrected chi connectivity index (χ4v) is 2.77. The molecule has 3 aromatic rings. The Hall–Kier alpha value is -4.95. The van der Waals surface area contributed by atoms with E-state index in [1.165, 1.54) is 7.11 Å². The summed E-state index contributed by atoms with van der Waals surface area (Å²) in [5.74, 6) is -2.28. The lowest BCUT2D eigenvalue weighted by molar-refractivity contribution is -0.192. The fraction of sp³-hybridized carbons (Fsp3) is 0.182. The van der Waals surface area contributed by atoms with Crippen LogP contribution in [0.5, 0.6) is 11.5 Å². The van der Waals surface area contributed by atoms with E-state index in [-0.39, 0.29) is 5.69 Å². The van der Waals surface area contributed by atoms with Gasteiger partial charge in [-0.3, -0.25) is 9.89 Å². The molecule has 198 valence electrons. The van der Waals surface area contributed by atoms with Gasteiger partial charge in [-0.05, 0) is 29.8 Å². The van der Waals surface area contributed by atoms with Crippen molar-refractivity contribution in [3.05, 3.63) is 59.9 Å². The molecule has 0 fully saturated rings. The molecule has 12 nitrogen and oxygen atoms in total. The highest BCUT2D eigenvalue weighted by Crippen LogP contribution is 2.29. The van der Waals surface area contributed by atoms with Gasteiger partial charge in [-0.1, -0.05) is 12.1 Å². The second kappa shape index (κ2) is 12.7. The van der Waals surface area contributed by atoms with Gasteiger partial charge in [0, 0.05) is 24.5 Å². The molecule has 1 heterocycles. The zero-order valence-electron chi connectivity index (χ0n) is 19.5. The third-order valence-corrected chi connectivity index (χ3v) is 4.44. The van der Waals surface area contributed by atoms with Crippen LogP contribution in [0.15, 0.2) is 48.7 Å². The van der Waals surface area contributed by atoms with Crippen LogP contribution in [0, 0.1) is 0 Å². The van der Waals surface area contributed by atoms with Crippen LogP contribution in [0.4, 0.5) is 35.0 Å². The topological polar surface area (TPSA) is 181 Å². The third kappa shape index (κ3) is 8.65. The lowest BCUT2D eigenvalue weighted by Gasteiger charge is -2.13. The van der Waals surface area contributed by atoms with E-state index in [1.807, 2.05) is 12.1 Å². The Bertz CT molecular complexity index is 1250. The van der Waals surface area contributed by atoms with Gasteiger partial charge in [0.1, 0.15) is 11.5 Å². The number of nitrogens with one attached hydrogen (secondary N) is 4. The van der Waals surface area contributed by atoms with Crippen LogP contribution in [0.2, 0.25) is 0 Å². The maximum absolute atomic E-state index is 12.4. The Kier molecular flexibility index (Phi) is 9.68. The molecule has 1 aromatic heterocycles. The molecule has 0 aliphatic rings. The van der Waals surface area contributed by atoms with E-state index in [0.717, 1.165) is 5.56 Å². The minimum atomic E-state index is -5.08. The highest BCUT2D eigenvalue weighted by Gasteiger charge is 2.38. The summed E-state index contributed by atoms with van der Waals surface area (Å²) in [7, 11) is 3.06. The number of benzene rings is 2. The number of alkyl halides is 3. The number of carboxylic acids is 1. The van der Waals surface area contributed by atoms with Gasteiger partial charge in [-0.15, -0.1) is 0 Å². The molecular weight excluding hydrogens is 501 g/mol. The molecule has 7 N–H and O–H groups in total. The number of carboxylic acid groups (broad SMARTS) is 1. The van der Waals surface area contributed by atoms with Crippen LogP contribution in [-0.2, 0) is 11.3 Å². The van der Waals surface area contributed by atoms with Gasteiger partial charge >= 0.3 is 18.2 Å². The molecule has 0 bridgehead atoms. The molecule has 3 rings (SSSR count). The van der Waals surface area contributed by atoms with E-state index in [1.54, 1.807) is 43.6 Å². The largest absolute Gasteiger partial charge is 0.497 e. The van der Waals surface area contributed by atoms with E-state index in [9.17, 15) is 22.8 Å². The highest BCUT2D eigenvalue weighted by atomic mass is 19.4. The highest BCUT2D eigenvalue weighted by molar-refractivity contribution is 6.01. The molecule has 0 radical (unpaired) electrons. The molecule has 0 saturated heterocycles. The number of amides is 3. The van der Waals surface area contributed by atoms with E-state index >= 15 is 0 Å². The second-order valence-corrected chi connectivity index (χ2v) is 7.01. The van der Waals surface area contributed by atoms with Crippen molar-refractivity contribution in [2.75, 3.05) is 30.2 Å². The summed E-state index contributed by atoms with van der Waals surface area (Å²) < 4.78 is 42.2. The first-order valence-corrected chi connectivity index (χ1v) is 10.2. The number of methoxy groups -OCH3 is 2. The number of hydrogen-bond acceptors (Lipinski definition) is 7. The van der Waals surface area contributed by atoms with E-state index < -0.39 is 24.1 Å². The van der Waals surface area contributed by atoms with Crippen LogP contribution in [0.3, 0.4) is 0 Å². The molecule has 0 atom stereocenters. The molecule has 0 unspecified atom stereocenters. The Labute approximate surface area is 207 Å². The van der Waals surface area contributed by atoms with Crippen molar-refractivity contribution in [3.63, 3.8) is 0 Å². The summed E-state index contributed by atoms with van der Waals surface area (Å²) in [4.78, 5) is 32.7. The quantitative estimate of drug-likeness (QED) is 0.259. The van der Waals surface area contributed by atoms with E-state index in [2.05, 4.69) is 26.1 Å². The summed E-state index contributed by atoms with van der Waals surface area (Å²) in [6.07, 6.45) is -3.53. The standard InChI is InChI=1S/C20H22N6O4.C2HF3O2/c1-29-14-6-7-17(30-2)15(9-14)25-20(28)24-13-5-3-4-12(8-13)10-22-16-11-23-26-18(16)19(21)27;3-2(4,5)1(6)7/h3-9,11,22H,10H2,1-2H3,(H2,21,27)(H,23,26)(H2,24,25,28);(H,6,7). The van der Waals surface area contributed by atoms with Crippen LogP contribution < -0.4 is 31.2 Å². The third-order valence-electron chi connectivity index (χ3n) is 4.44. The number of nitrogens with zero attached hydrogens (tertiary/aromatic N) is 1. The number of aromatic nitrogens is 2. The van der Waals surface area contributed by atoms with E-state index in [4.69, 9.17) is 25.1 Å². The summed E-state index contributed by atoms with van der Waals surface area (Å²) in [6.45, 7) is 0.403. The minimum absolute atomic E-state index is 0.135. The maximum atomic E-state index is 12.4. The molecule has 0 aliphatic carbocycles. The molecule has 0 aliphatic heterocycles. The van der Waals surface area contributed by atoms with Gasteiger partial charge in [0.2, 0.25) is 0 Å². The summed E-state index contributed by atoms with van der Waals surface area (Å²) >= 11 is 0. The smallest absolute Gasteiger partial charge is 0.490 e. The van der Waals surface area contributed by atoms with Gasteiger partial charge < -0.3 is 36.3 Å². The number of rotatable bonds is 8. The number of primary amides is 1. The lowest BCUT2D eigenvalue weighted by atomic mass is 10.2. The predicted octanol–water partition coefficient (Wildman–Crippen LogP) is 3.42. The first-order chi connectivity index (χ1) is 17.4. The van der Waals surface area contributed by atoms with Crippen molar-refractivity contribution in [2.45, 2.75) is 12.7 Å². The van der Waals surface area contributed by atoms with Crippen molar-refractivity contribution >= 4 is 35.0 Å². The normalized spacial score (nSPS) is 10.4. The minimum Gasteiger partial charge on any atom is -0.497 e. The molecule has 2 aromatic carbocycles. The summed E-state index contributed by atoms with van der Waals surface area (Å²) in [5.41, 5.74) is 7.86. The molecular formula is C22H23F3N6O6. The monoisotopic (exact) mass is 524 g/mol. The number of carbonyl (C=O) groups excluding carboxylic acids is 2. The lowest BCUT2D eigenvalue weighted by Crippen LogP contribution is -2.21. The zero-order chi connectivity index (χ0) is 27.6. The van der Waals surface area contributed by atoms with Gasteiger partial charge in [-0.2, -0.15) is 18.3 Å². The maximum Gasteiger partial charge on any atom is 0.490 e. The van der Waals surface area contributed by atoms with E-state index in [0.29, 0.717) is 35.1 Å². The Morgan fingerprint density at radius 3 is 2.35 bits per heavy atom. The number of aromatic amines is 1. The SMILES string of the molecule is COc1ccc(OC)c(NC(=O)Nc2cccc(CNc3c[nH]nc3C(N)=O)c2)c1.O=C(O)C(F)(F)F. The van der Waals surface area contributed by atoms with Gasteiger partial charge in [-0.25, -0.2) is 9.59 Å². The van der Waals surface area contributed by atoms with Crippen LogP contribution in [-0.4, -0.2) is 53.6 Å². The Balaban J connectivity index is 0.000000604. The first-order valence-electron chi connectivity index (χ1n) is 10.2. The van der Waals surface area contributed by atoms with Crippen LogP contribution >= 0.6 is 0 Å². The van der Waals surface area contributed by atoms with Crippen LogP contribution in [0.1, 0.15) is 16.1 Å². The number of urea groups is 1. The second-order valence-electron chi connectivity index (χ2n) is 7.01. The number of hydrogen-bond donors (Lipinski definition) is 6. The number of aliphatic carboxylic acids is 1. The van der Waals surface area contributed by atoms with Crippen molar-refractivity contribution in [1.82, 2.24) is 10.2 Å². The predicted molar refractivity (Wildman–Crippen MR) is 127 cm³/mol. The molecule has 15 heteroatoms. The van der Waals surface area contributed by atoms with Crippen molar-refractivity contribution in [1.29, 1.82) is 0 Å². The first kappa shape index (κ1) is 28.3. The zero-order valence-corrected chi connectivity index (χ0v) is 19.5. The summed E-state index contributed by atoms with van der Waals surface area (Å²) in [5, 5.41) is 22.1. The average Bonchev–Trinajstić information content (AvgIpc) is 3.32. The summed E-state index contributed by atoms with van der Waals surface area (Å²) in [6, 6.07) is 11.9. The van der Waals surface area contributed by atoms with Crippen LogP contribution in [0.25, 0.3) is 0 Å². The molecule has 3 amide bonds. The molecule has 0 spiro atoms. The number of anilines is 3. The number of H-pyrrole nitrogens is 1. The van der Waals surface area contributed by atoms with Crippen molar-refractivity contribution in [3.8, 4) is 11.5 Å². The molecule has 37 heavy (non-hydrogen) atoms. The fourth-order valence-electron chi connectivity index (χ4n) is 2.77. The number of carbonyl (C=O) groups is 3. The average molecular weight is 524 g/mol. The van der Waals surface area contributed by atoms with Crippen molar-refractivity contribution in [2.24, 2.45) is 5.73 Å². The Morgan fingerprint density at radius 2 is 1.76 bits per heavy atom. The number of halogens is 3. The van der Waals surface area contributed by atoms with Gasteiger partial charge in [0.15, 0.2) is 5.69 Å².